The fraction of sp³-hybridized carbons (Fsp3) is 0.571. The first-order chi connectivity index (χ1) is 8.25. The van der Waals surface area contributed by atoms with Crippen LogP contribution in [0.2, 0.25) is 0 Å². The first-order valence-corrected chi connectivity index (χ1v) is 7.24. The van der Waals surface area contributed by atoms with Gasteiger partial charge in [-0.05, 0) is 37.3 Å². The zero-order chi connectivity index (χ0) is 11.7. The molecule has 0 aromatic heterocycles. The van der Waals surface area contributed by atoms with Gasteiger partial charge in [-0.3, -0.25) is 0 Å². The summed E-state index contributed by atoms with van der Waals surface area (Å²) < 4.78 is 5.40. The van der Waals surface area contributed by atoms with Crippen LogP contribution in [0.5, 0.6) is 0 Å². The minimum absolute atomic E-state index is 0.0119. The fourth-order valence-corrected chi connectivity index (χ4v) is 4.30. The van der Waals surface area contributed by atoms with E-state index in [0.29, 0.717) is 5.25 Å². The van der Waals surface area contributed by atoms with Gasteiger partial charge in [0.15, 0.2) is 0 Å². The molecule has 92 valence electrons. The molecule has 2 heterocycles. The van der Waals surface area contributed by atoms with Crippen molar-refractivity contribution < 1.29 is 4.74 Å². The van der Waals surface area contributed by atoms with Crippen LogP contribution in [0.4, 0.5) is 0 Å². The second-order valence-corrected chi connectivity index (χ2v) is 6.57. The lowest BCUT2D eigenvalue weighted by Crippen LogP contribution is -2.47. The van der Waals surface area contributed by atoms with Gasteiger partial charge >= 0.3 is 0 Å². The molecule has 0 amide bonds. The second kappa shape index (κ2) is 4.63. The van der Waals surface area contributed by atoms with Crippen LogP contribution in [0, 0.1) is 0 Å². The van der Waals surface area contributed by atoms with E-state index in [9.17, 15) is 0 Å². The Hall–Kier alpha value is -0.510. The molecule has 1 aromatic carbocycles. The highest BCUT2D eigenvalue weighted by Gasteiger charge is 2.33. The summed E-state index contributed by atoms with van der Waals surface area (Å²) in [6.07, 6.45) is 4.33. The van der Waals surface area contributed by atoms with Gasteiger partial charge in [-0.1, -0.05) is 18.2 Å². The first-order valence-electron chi connectivity index (χ1n) is 6.36. The minimum atomic E-state index is 0.0119. The third kappa shape index (κ3) is 2.51. The van der Waals surface area contributed by atoms with Gasteiger partial charge in [0.25, 0.3) is 0 Å². The number of hydrogen-bond acceptors (Lipinski definition) is 3. The van der Waals surface area contributed by atoms with E-state index in [1.807, 2.05) is 11.8 Å². The number of nitrogens with two attached hydrogens (primary N) is 1. The van der Waals surface area contributed by atoms with Crippen LogP contribution in [-0.4, -0.2) is 24.0 Å². The summed E-state index contributed by atoms with van der Waals surface area (Å²) >= 11 is 2.01. The van der Waals surface area contributed by atoms with Gasteiger partial charge in [-0.25, -0.2) is 0 Å². The maximum absolute atomic E-state index is 6.48. The molecule has 2 nitrogen and oxygen atoms in total. The van der Waals surface area contributed by atoms with Crippen molar-refractivity contribution >= 4 is 11.8 Å². The van der Waals surface area contributed by atoms with Gasteiger partial charge in [0.1, 0.15) is 0 Å². The quantitative estimate of drug-likeness (QED) is 0.875. The molecule has 1 unspecified atom stereocenters. The Kier molecular flexibility index (Phi) is 3.16. The second-order valence-electron chi connectivity index (χ2n) is 5.23. The van der Waals surface area contributed by atoms with Crippen molar-refractivity contribution in [3.8, 4) is 0 Å². The van der Waals surface area contributed by atoms with Gasteiger partial charge in [0.05, 0.1) is 0 Å². The van der Waals surface area contributed by atoms with Gasteiger partial charge in [0, 0.05) is 28.9 Å². The average molecular weight is 249 g/mol. The molecule has 3 rings (SSSR count). The Bertz CT molecular complexity index is 376. The normalized spacial score (nSPS) is 26.8. The summed E-state index contributed by atoms with van der Waals surface area (Å²) in [5, 5.41) is 0.662. The van der Waals surface area contributed by atoms with Gasteiger partial charge < -0.3 is 10.5 Å². The van der Waals surface area contributed by atoms with Crippen LogP contribution in [0.15, 0.2) is 29.2 Å². The zero-order valence-electron chi connectivity index (χ0n) is 10.0. The molecule has 1 fully saturated rings. The number of rotatable bonds is 2. The van der Waals surface area contributed by atoms with E-state index in [0.717, 1.165) is 32.5 Å². The van der Waals surface area contributed by atoms with E-state index in [2.05, 4.69) is 24.3 Å². The molecule has 1 aromatic rings. The molecule has 0 radical (unpaired) electrons. The third-order valence-corrected chi connectivity index (χ3v) is 5.16. The third-order valence-electron chi connectivity index (χ3n) is 3.84. The molecule has 3 heteroatoms. The van der Waals surface area contributed by atoms with E-state index in [1.165, 1.54) is 16.9 Å². The summed E-state index contributed by atoms with van der Waals surface area (Å²) in [5.41, 5.74) is 7.99. The van der Waals surface area contributed by atoms with Crippen molar-refractivity contribution in [2.45, 2.75) is 41.4 Å². The summed E-state index contributed by atoms with van der Waals surface area (Å²) in [5.74, 6) is 0. The number of hydrogen-bond donors (Lipinski definition) is 1. The highest BCUT2D eigenvalue weighted by molar-refractivity contribution is 8.00. The molecule has 2 aliphatic heterocycles. The zero-order valence-corrected chi connectivity index (χ0v) is 10.8. The van der Waals surface area contributed by atoms with Crippen molar-refractivity contribution in [3.63, 3.8) is 0 Å². The number of fused-ring (bicyclic) bond motifs is 1. The SMILES string of the molecule is NC1(CC2Cc3ccccc3S2)CCOCC1. The molecule has 2 aliphatic rings. The van der Waals surface area contributed by atoms with Crippen molar-refractivity contribution in [3.05, 3.63) is 29.8 Å². The predicted octanol–water partition coefficient (Wildman–Crippen LogP) is 2.60. The summed E-state index contributed by atoms with van der Waals surface area (Å²) in [6.45, 7) is 1.67. The van der Waals surface area contributed by atoms with Crippen molar-refractivity contribution in [1.29, 1.82) is 0 Å². The van der Waals surface area contributed by atoms with Crippen LogP contribution in [0.25, 0.3) is 0 Å². The lowest BCUT2D eigenvalue weighted by atomic mass is 9.85. The molecule has 0 spiro atoms. The largest absolute Gasteiger partial charge is 0.381 e. The topological polar surface area (TPSA) is 35.2 Å². The Balaban J connectivity index is 1.65. The molecule has 1 atom stereocenters. The number of ether oxygens (including phenoxy) is 1. The van der Waals surface area contributed by atoms with E-state index < -0.39 is 0 Å². The molecular formula is C14H19NOS. The van der Waals surface area contributed by atoms with Gasteiger partial charge in [-0.2, -0.15) is 0 Å². The van der Waals surface area contributed by atoms with Crippen molar-refractivity contribution in [2.75, 3.05) is 13.2 Å². The predicted molar refractivity (Wildman–Crippen MR) is 71.4 cm³/mol. The maximum atomic E-state index is 6.48. The van der Waals surface area contributed by atoms with Crippen LogP contribution in [0.3, 0.4) is 0 Å². The molecular weight excluding hydrogens is 230 g/mol. The first kappa shape index (κ1) is 11.6. The monoisotopic (exact) mass is 249 g/mol. The summed E-state index contributed by atoms with van der Waals surface area (Å²) in [6, 6.07) is 8.73. The molecule has 2 N–H and O–H groups in total. The molecule has 0 bridgehead atoms. The van der Waals surface area contributed by atoms with E-state index in [1.54, 1.807) is 0 Å². The van der Waals surface area contributed by atoms with E-state index in [4.69, 9.17) is 10.5 Å². The highest BCUT2D eigenvalue weighted by atomic mass is 32.2. The van der Waals surface area contributed by atoms with Crippen LogP contribution in [0.1, 0.15) is 24.8 Å². The Morgan fingerprint density at radius 3 is 2.82 bits per heavy atom. The molecule has 1 saturated heterocycles. The van der Waals surface area contributed by atoms with Gasteiger partial charge in [-0.15, -0.1) is 11.8 Å². The van der Waals surface area contributed by atoms with Crippen LogP contribution >= 0.6 is 11.8 Å². The smallest absolute Gasteiger partial charge is 0.0483 e. The Morgan fingerprint density at radius 2 is 2.06 bits per heavy atom. The average Bonchev–Trinajstić information content (AvgIpc) is 2.71. The van der Waals surface area contributed by atoms with Gasteiger partial charge in [0.2, 0.25) is 0 Å². The van der Waals surface area contributed by atoms with Crippen LogP contribution in [-0.2, 0) is 11.2 Å². The van der Waals surface area contributed by atoms with E-state index >= 15 is 0 Å². The van der Waals surface area contributed by atoms with Crippen LogP contribution < -0.4 is 5.73 Å². The lowest BCUT2D eigenvalue weighted by molar-refractivity contribution is 0.0502. The standard InChI is InChI=1S/C14H19NOS/c15-14(5-7-16-8-6-14)10-12-9-11-3-1-2-4-13(11)17-12/h1-4,12H,5-10,15H2. The molecule has 0 saturated carbocycles. The molecule has 0 aliphatic carbocycles. The highest BCUT2D eigenvalue weighted by Crippen LogP contribution is 2.41. The summed E-state index contributed by atoms with van der Waals surface area (Å²) in [7, 11) is 0. The number of benzene rings is 1. The fourth-order valence-electron chi connectivity index (χ4n) is 2.80. The van der Waals surface area contributed by atoms with E-state index in [-0.39, 0.29) is 5.54 Å². The van der Waals surface area contributed by atoms with Crippen molar-refractivity contribution in [1.82, 2.24) is 0 Å². The Morgan fingerprint density at radius 1 is 1.29 bits per heavy atom. The maximum Gasteiger partial charge on any atom is 0.0483 e. The molecule has 17 heavy (non-hydrogen) atoms. The summed E-state index contributed by atoms with van der Waals surface area (Å²) in [4.78, 5) is 1.45. The number of thioether (sulfide) groups is 1. The van der Waals surface area contributed by atoms with Crippen molar-refractivity contribution in [2.24, 2.45) is 5.73 Å². The minimum Gasteiger partial charge on any atom is -0.381 e. The lowest BCUT2D eigenvalue weighted by Gasteiger charge is -2.35. The Labute approximate surface area is 107 Å².